The van der Waals surface area contributed by atoms with Crippen LogP contribution in [0.4, 0.5) is 5.69 Å². The Hall–Kier alpha value is -3.46. The van der Waals surface area contributed by atoms with Gasteiger partial charge in [0.2, 0.25) is 11.8 Å². The number of likely N-dealkylation sites (N-methyl/N-ethyl adjacent to an activating group) is 1. The highest BCUT2D eigenvalue weighted by Gasteiger charge is 2.30. The van der Waals surface area contributed by atoms with E-state index in [1.54, 1.807) is 55.3 Å². The fourth-order valence-corrected chi connectivity index (χ4v) is 4.21. The van der Waals surface area contributed by atoms with Gasteiger partial charge in [0.1, 0.15) is 12.4 Å². The van der Waals surface area contributed by atoms with Crippen LogP contribution in [0, 0.1) is 5.92 Å². The molecule has 0 spiro atoms. The Morgan fingerprint density at radius 1 is 1.19 bits per heavy atom. The lowest BCUT2D eigenvalue weighted by Gasteiger charge is -2.36. The lowest BCUT2D eigenvalue weighted by molar-refractivity contribution is -0.134. The van der Waals surface area contributed by atoms with Gasteiger partial charge in [0.25, 0.3) is 5.91 Å². The molecule has 3 rings (SSSR count). The second-order valence-electron chi connectivity index (χ2n) is 9.25. The van der Waals surface area contributed by atoms with E-state index in [4.69, 9.17) is 9.47 Å². The molecule has 0 saturated carbocycles. The average Bonchev–Trinajstić information content (AvgIpc) is 2.88. The van der Waals surface area contributed by atoms with Gasteiger partial charge in [-0.25, -0.2) is 0 Å². The van der Waals surface area contributed by atoms with Crippen LogP contribution in [0.5, 0.6) is 5.75 Å². The molecule has 194 valence electrons. The summed E-state index contributed by atoms with van der Waals surface area (Å²) in [4.78, 5) is 46.3. The van der Waals surface area contributed by atoms with Gasteiger partial charge in [-0.15, -0.1) is 0 Å². The first-order chi connectivity index (χ1) is 17.2. The molecule has 2 aromatic rings. The van der Waals surface area contributed by atoms with Crippen molar-refractivity contribution in [1.82, 2.24) is 14.8 Å². The average molecular weight is 497 g/mol. The molecule has 3 atom stereocenters. The maximum Gasteiger partial charge on any atom is 0.257 e. The number of hydrogen-bond donors (Lipinski definition) is 1. The number of anilines is 1. The molecule has 3 amide bonds. The summed E-state index contributed by atoms with van der Waals surface area (Å²) in [5.41, 5.74) is 1.63. The number of hydrogen-bond acceptors (Lipinski definition) is 6. The van der Waals surface area contributed by atoms with Crippen LogP contribution in [-0.4, -0.2) is 78.5 Å². The van der Waals surface area contributed by atoms with Crippen molar-refractivity contribution in [3.63, 3.8) is 0 Å². The monoisotopic (exact) mass is 496 g/mol. The number of amides is 3. The molecule has 36 heavy (non-hydrogen) atoms. The molecular formula is C27H36N4O5. The van der Waals surface area contributed by atoms with Crippen molar-refractivity contribution < 1.29 is 23.9 Å². The van der Waals surface area contributed by atoms with Gasteiger partial charge < -0.3 is 24.6 Å². The van der Waals surface area contributed by atoms with E-state index in [1.807, 2.05) is 32.0 Å². The Morgan fingerprint density at radius 3 is 2.64 bits per heavy atom. The fraction of sp³-hybridized carbons (Fsp3) is 0.481. The number of methoxy groups -OCH3 is 1. The van der Waals surface area contributed by atoms with Crippen molar-refractivity contribution in [2.75, 3.05) is 39.2 Å². The largest absolute Gasteiger partial charge is 0.491 e. The van der Waals surface area contributed by atoms with Crippen LogP contribution in [0.15, 0.2) is 42.6 Å². The van der Waals surface area contributed by atoms with Crippen molar-refractivity contribution >= 4 is 23.4 Å². The van der Waals surface area contributed by atoms with Gasteiger partial charge in [-0.3, -0.25) is 19.4 Å². The summed E-state index contributed by atoms with van der Waals surface area (Å²) in [7, 11) is 3.34. The lowest BCUT2D eigenvalue weighted by atomic mass is 10.0. The summed E-state index contributed by atoms with van der Waals surface area (Å²) < 4.78 is 11.9. The van der Waals surface area contributed by atoms with Crippen LogP contribution in [-0.2, 0) is 20.7 Å². The summed E-state index contributed by atoms with van der Waals surface area (Å²) in [5.74, 6) is -0.0810. The standard InChI is InChI=1S/C27H36N4O5/c1-6-25(32)29-21-10-11-22-23(13-21)36-17-19(3)31(26(33)14-20-9-7-8-12-28-20)15-18(2)24(35-5)16-30(4)27(22)34/h7-13,18-19,24H,6,14-17H2,1-5H3,(H,29,32)/t18-,19+,24-/m0/s1. The van der Waals surface area contributed by atoms with Gasteiger partial charge in [-0.1, -0.05) is 19.9 Å². The zero-order valence-electron chi connectivity index (χ0n) is 21.7. The van der Waals surface area contributed by atoms with E-state index in [9.17, 15) is 14.4 Å². The molecule has 0 radical (unpaired) electrons. The van der Waals surface area contributed by atoms with E-state index in [-0.39, 0.29) is 48.8 Å². The van der Waals surface area contributed by atoms with Gasteiger partial charge >= 0.3 is 0 Å². The number of carbonyl (C=O) groups excluding carboxylic acids is 3. The molecule has 0 bridgehead atoms. The second kappa shape index (κ2) is 12.5. The van der Waals surface area contributed by atoms with Crippen LogP contribution >= 0.6 is 0 Å². The molecule has 1 aromatic carbocycles. The highest BCUT2D eigenvalue weighted by Crippen LogP contribution is 2.27. The number of ether oxygens (including phenoxy) is 2. The van der Waals surface area contributed by atoms with E-state index in [2.05, 4.69) is 10.3 Å². The highest BCUT2D eigenvalue weighted by molar-refractivity contribution is 5.98. The van der Waals surface area contributed by atoms with Gasteiger partial charge in [0, 0.05) is 63.2 Å². The number of carbonyl (C=O) groups is 3. The molecular weight excluding hydrogens is 460 g/mol. The molecule has 9 heteroatoms. The van der Waals surface area contributed by atoms with Gasteiger partial charge in [-0.2, -0.15) is 0 Å². The fourth-order valence-electron chi connectivity index (χ4n) is 4.21. The minimum Gasteiger partial charge on any atom is -0.491 e. The van der Waals surface area contributed by atoms with E-state index < -0.39 is 0 Å². The minimum atomic E-state index is -0.282. The zero-order chi connectivity index (χ0) is 26.2. The third kappa shape index (κ3) is 6.81. The molecule has 0 saturated heterocycles. The highest BCUT2D eigenvalue weighted by atomic mass is 16.5. The second-order valence-corrected chi connectivity index (χ2v) is 9.25. The normalized spacial score (nSPS) is 21.0. The van der Waals surface area contributed by atoms with E-state index in [1.165, 1.54) is 0 Å². The smallest absolute Gasteiger partial charge is 0.257 e. The summed E-state index contributed by atoms with van der Waals surface area (Å²) in [6.45, 7) is 6.67. The molecule has 2 heterocycles. The molecule has 1 aliphatic heterocycles. The third-order valence-corrected chi connectivity index (χ3v) is 6.43. The van der Waals surface area contributed by atoms with Crippen molar-refractivity contribution in [3.05, 3.63) is 53.9 Å². The molecule has 0 fully saturated rings. The quantitative estimate of drug-likeness (QED) is 0.683. The first-order valence-corrected chi connectivity index (χ1v) is 12.3. The summed E-state index contributed by atoms with van der Waals surface area (Å²) in [6, 6.07) is 10.2. The zero-order valence-corrected chi connectivity index (χ0v) is 21.7. The van der Waals surface area contributed by atoms with Crippen molar-refractivity contribution in [1.29, 1.82) is 0 Å². The predicted molar refractivity (Wildman–Crippen MR) is 137 cm³/mol. The summed E-state index contributed by atoms with van der Waals surface area (Å²) >= 11 is 0. The molecule has 1 aromatic heterocycles. The van der Waals surface area contributed by atoms with Crippen LogP contribution < -0.4 is 10.1 Å². The Kier molecular flexibility index (Phi) is 9.41. The number of benzene rings is 1. The van der Waals surface area contributed by atoms with Gasteiger partial charge in [-0.05, 0) is 31.2 Å². The van der Waals surface area contributed by atoms with E-state index >= 15 is 0 Å². The van der Waals surface area contributed by atoms with Crippen LogP contribution in [0.25, 0.3) is 0 Å². The predicted octanol–water partition coefficient (Wildman–Crippen LogP) is 3.01. The number of nitrogens with one attached hydrogen (secondary N) is 1. The van der Waals surface area contributed by atoms with Gasteiger partial charge in [0.15, 0.2) is 0 Å². The maximum absolute atomic E-state index is 13.4. The molecule has 0 unspecified atom stereocenters. The molecule has 1 aliphatic rings. The van der Waals surface area contributed by atoms with Crippen molar-refractivity contribution in [2.24, 2.45) is 5.92 Å². The molecule has 9 nitrogen and oxygen atoms in total. The lowest BCUT2D eigenvalue weighted by Crippen LogP contribution is -2.49. The number of fused-ring (bicyclic) bond motifs is 1. The van der Waals surface area contributed by atoms with Crippen molar-refractivity contribution in [2.45, 2.75) is 45.8 Å². The Labute approximate surface area is 212 Å². The SMILES string of the molecule is CCC(=O)Nc1ccc2c(c1)OC[C@@H](C)N(C(=O)Cc1ccccn1)C[C@H](C)[C@@H](OC)CN(C)C2=O. The molecule has 1 N–H and O–H groups in total. The topological polar surface area (TPSA) is 101 Å². The van der Waals surface area contributed by atoms with Crippen molar-refractivity contribution in [3.8, 4) is 5.75 Å². The Balaban J connectivity index is 1.94. The number of aromatic nitrogens is 1. The van der Waals surface area contributed by atoms with Crippen LogP contribution in [0.3, 0.4) is 0 Å². The number of rotatable bonds is 5. The summed E-state index contributed by atoms with van der Waals surface area (Å²) in [5, 5.41) is 2.81. The maximum atomic E-state index is 13.4. The molecule has 0 aliphatic carbocycles. The van der Waals surface area contributed by atoms with Gasteiger partial charge in [0.05, 0.1) is 24.1 Å². The van der Waals surface area contributed by atoms with E-state index in [0.717, 1.165) is 0 Å². The summed E-state index contributed by atoms with van der Waals surface area (Å²) in [6.07, 6.45) is 1.91. The third-order valence-electron chi connectivity index (χ3n) is 6.43. The Bertz CT molecular complexity index is 1060. The minimum absolute atomic E-state index is 0.0362. The van der Waals surface area contributed by atoms with E-state index in [0.29, 0.717) is 42.2 Å². The van der Waals surface area contributed by atoms with Crippen LogP contribution in [0.1, 0.15) is 43.2 Å². The number of nitrogens with zero attached hydrogens (tertiary/aromatic N) is 3. The number of pyridine rings is 1. The first-order valence-electron chi connectivity index (χ1n) is 12.3. The first kappa shape index (κ1) is 27.1. The van der Waals surface area contributed by atoms with Crippen LogP contribution in [0.2, 0.25) is 0 Å². The Morgan fingerprint density at radius 2 is 1.97 bits per heavy atom.